The Hall–Kier alpha value is -1.12. The predicted molar refractivity (Wildman–Crippen MR) is 75.5 cm³/mol. The van der Waals surface area contributed by atoms with Gasteiger partial charge in [-0.1, -0.05) is 20.3 Å². The van der Waals surface area contributed by atoms with Crippen molar-refractivity contribution in [3.63, 3.8) is 0 Å². The average molecular weight is 247 g/mol. The van der Waals surface area contributed by atoms with Gasteiger partial charge in [0.05, 0.1) is 0 Å². The van der Waals surface area contributed by atoms with Gasteiger partial charge in [0, 0.05) is 17.2 Å². The zero-order valence-corrected chi connectivity index (χ0v) is 11.9. The Morgan fingerprint density at radius 3 is 2.33 bits per heavy atom. The second kappa shape index (κ2) is 5.68. The van der Waals surface area contributed by atoms with Crippen LogP contribution in [0.1, 0.15) is 69.0 Å². The van der Waals surface area contributed by atoms with E-state index in [1.165, 1.54) is 32.1 Å². The van der Waals surface area contributed by atoms with E-state index in [9.17, 15) is 0 Å². The zero-order valence-electron chi connectivity index (χ0n) is 11.9. The minimum Gasteiger partial charge on any atom is -0.383 e. The van der Waals surface area contributed by atoms with Gasteiger partial charge in [-0.05, 0) is 44.9 Å². The molecule has 3 nitrogen and oxygen atoms in total. The Morgan fingerprint density at radius 2 is 1.78 bits per heavy atom. The maximum Gasteiger partial charge on any atom is 0.134 e. The third-order valence-corrected chi connectivity index (χ3v) is 4.43. The van der Waals surface area contributed by atoms with Gasteiger partial charge in [0.1, 0.15) is 11.6 Å². The van der Waals surface area contributed by atoms with Gasteiger partial charge in [-0.25, -0.2) is 9.97 Å². The molecule has 1 saturated carbocycles. The molecule has 18 heavy (non-hydrogen) atoms. The maximum absolute atomic E-state index is 6.01. The Balaban J connectivity index is 2.17. The summed E-state index contributed by atoms with van der Waals surface area (Å²) in [5.74, 6) is 3.11. The van der Waals surface area contributed by atoms with Gasteiger partial charge in [-0.2, -0.15) is 0 Å². The van der Waals surface area contributed by atoms with Crippen LogP contribution >= 0.6 is 0 Å². The molecule has 1 aromatic rings. The first-order valence-corrected chi connectivity index (χ1v) is 7.28. The van der Waals surface area contributed by atoms with Crippen molar-refractivity contribution in [1.82, 2.24) is 9.97 Å². The number of nitrogen functional groups attached to an aromatic ring is 1. The van der Waals surface area contributed by atoms with Crippen LogP contribution in [0.25, 0.3) is 0 Å². The summed E-state index contributed by atoms with van der Waals surface area (Å²) in [6, 6.07) is 0. The van der Waals surface area contributed by atoms with Crippen molar-refractivity contribution in [3.05, 3.63) is 17.1 Å². The molecule has 0 bridgehead atoms. The number of hydrogen-bond donors (Lipinski definition) is 1. The van der Waals surface area contributed by atoms with Crippen LogP contribution in [-0.2, 0) is 6.42 Å². The molecule has 1 aliphatic rings. The van der Waals surface area contributed by atoms with E-state index in [4.69, 9.17) is 10.7 Å². The van der Waals surface area contributed by atoms with E-state index in [0.29, 0.717) is 11.7 Å². The lowest BCUT2D eigenvalue weighted by Crippen LogP contribution is -2.17. The lowest BCUT2D eigenvalue weighted by molar-refractivity contribution is 0.312. The molecule has 1 aliphatic carbocycles. The van der Waals surface area contributed by atoms with Crippen molar-refractivity contribution in [1.29, 1.82) is 0 Å². The topological polar surface area (TPSA) is 51.8 Å². The van der Waals surface area contributed by atoms with Crippen LogP contribution in [0.2, 0.25) is 0 Å². The molecule has 0 aliphatic heterocycles. The molecule has 2 rings (SSSR count). The second-order valence-electron chi connectivity index (χ2n) is 5.52. The third kappa shape index (κ3) is 2.65. The van der Waals surface area contributed by atoms with Crippen molar-refractivity contribution in [2.45, 2.75) is 65.2 Å². The Bertz CT molecular complexity index is 406. The molecule has 2 N–H and O–H groups in total. The smallest absolute Gasteiger partial charge is 0.134 e. The largest absolute Gasteiger partial charge is 0.383 e. The van der Waals surface area contributed by atoms with Gasteiger partial charge in [0.15, 0.2) is 0 Å². The highest BCUT2D eigenvalue weighted by molar-refractivity contribution is 5.41. The second-order valence-corrected chi connectivity index (χ2v) is 5.52. The first-order chi connectivity index (χ1) is 8.65. The molecule has 1 fully saturated rings. The molecular weight excluding hydrogens is 222 g/mol. The van der Waals surface area contributed by atoms with Crippen LogP contribution in [0.5, 0.6) is 0 Å². The summed E-state index contributed by atoms with van der Waals surface area (Å²) in [5.41, 5.74) is 8.19. The fraction of sp³-hybridized carbons (Fsp3) is 0.733. The molecule has 0 aromatic carbocycles. The van der Waals surface area contributed by atoms with E-state index in [-0.39, 0.29) is 0 Å². The van der Waals surface area contributed by atoms with E-state index in [1.54, 1.807) is 0 Å². The lowest BCUT2D eigenvalue weighted by atomic mass is 9.80. The molecule has 0 atom stereocenters. The maximum atomic E-state index is 6.01. The first-order valence-electron chi connectivity index (χ1n) is 7.28. The van der Waals surface area contributed by atoms with E-state index in [1.807, 2.05) is 6.92 Å². The molecular formula is C15H25N3. The minimum atomic E-state index is 0.529. The monoisotopic (exact) mass is 247 g/mol. The molecule has 0 amide bonds. The average Bonchev–Trinajstić information content (AvgIpc) is 2.42. The van der Waals surface area contributed by atoms with Gasteiger partial charge >= 0.3 is 0 Å². The highest BCUT2D eigenvalue weighted by Crippen LogP contribution is 2.36. The highest BCUT2D eigenvalue weighted by atomic mass is 15.0. The van der Waals surface area contributed by atoms with Gasteiger partial charge in [-0.3, -0.25) is 0 Å². The summed E-state index contributed by atoms with van der Waals surface area (Å²) in [6.45, 7) is 6.44. The van der Waals surface area contributed by atoms with Crippen LogP contribution in [0.15, 0.2) is 0 Å². The Labute approximate surface area is 110 Å². The standard InChI is InChI=1S/C15H25N3/c1-4-11-6-8-12(9-7-11)15-17-13(5-2)10(3)14(16)18-15/h11-12H,4-9H2,1-3H3,(H2,16,17,18). The quantitative estimate of drug-likeness (QED) is 0.887. The first kappa shape index (κ1) is 13.3. The number of anilines is 1. The van der Waals surface area contributed by atoms with E-state index in [2.05, 4.69) is 18.8 Å². The number of nitrogens with two attached hydrogens (primary N) is 1. The minimum absolute atomic E-state index is 0.529. The van der Waals surface area contributed by atoms with Gasteiger partial charge in [0.25, 0.3) is 0 Å². The van der Waals surface area contributed by atoms with Crippen LogP contribution in [0, 0.1) is 12.8 Å². The zero-order chi connectivity index (χ0) is 13.1. The molecule has 3 heteroatoms. The molecule has 0 unspecified atom stereocenters. The van der Waals surface area contributed by atoms with Crippen LogP contribution in [-0.4, -0.2) is 9.97 Å². The van der Waals surface area contributed by atoms with Crippen LogP contribution < -0.4 is 5.73 Å². The van der Waals surface area contributed by atoms with Gasteiger partial charge in [-0.15, -0.1) is 0 Å². The number of rotatable bonds is 3. The number of aryl methyl sites for hydroxylation is 1. The number of hydrogen-bond acceptors (Lipinski definition) is 3. The molecule has 1 aromatic heterocycles. The van der Waals surface area contributed by atoms with Crippen molar-refractivity contribution >= 4 is 5.82 Å². The normalized spacial score (nSPS) is 24.2. The fourth-order valence-corrected chi connectivity index (χ4v) is 2.96. The molecule has 0 spiro atoms. The third-order valence-electron chi connectivity index (χ3n) is 4.43. The summed E-state index contributed by atoms with van der Waals surface area (Å²) in [4.78, 5) is 9.26. The predicted octanol–water partition coefficient (Wildman–Crippen LogP) is 3.61. The molecule has 0 radical (unpaired) electrons. The van der Waals surface area contributed by atoms with Crippen LogP contribution in [0.3, 0.4) is 0 Å². The van der Waals surface area contributed by atoms with E-state index < -0.39 is 0 Å². The molecule has 1 heterocycles. The van der Waals surface area contributed by atoms with E-state index in [0.717, 1.165) is 29.4 Å². The summed E-state index contributed by atoms with van der Waals surface area (Å²) in [6.07, 6.45) is 7.34. The highest BCUT2D eigenvalue weighted by Gasteiger charge is 2.24. The summed E-state index contributed by atoms with van der Waals surface area (Å²) < 4.78 is 0. The van der Waals surface area contributed by atoms with Crippen molar-refractivity contribution < 1.29 is 0 Å². The summed E-state index contributed by atoms with van der Waals surface area (Å²) >= 11 is 0. The lowest BCUT2D eigenvalue weighted by Gasteiger charge is -2.27. The summed E-state index contributed by atoms with van der Waals surface area (Å²) in [7, 11) is 0. The Morgan fingerprint density at radius 1 is 1.11 bits per heavy atom. The number of nitrogens with zero attached hydrogens (tertiary/aromatic N) is 2. The number of aromatic nitrogens is 2. The summed E-state index contributed by atoms with van der Waals surface area (Å²) in [5, 5.41) is 0. The Kier molecular flexibility index (Phi) is 4.20. The van der Waals surface area contributed by atoms with Crippen molar-refractivity contribution in [2.24, 2.45) is 5.92 Å². The fourth-order valence-electron chi connectivity index (χ4n) is 2.96. The molecule has 0 saturated heterocycles. The van der Waals surface area contributed by atoms with Crippen molar-refractivity contribution in [2.75, 3.05) is 5.73 Å². The SMILES string of the molecule is CCc1nc(C2CCC(CC)CC2)nc(N)c1C. The molecule has 100 valence electrons. The van der Waals surface area contributed by atoms with E-state index >= 15 is 0 Å². The van der Waals surface area contributed by atoms with Gasteiger partial charge < -0.3 is 5.73 Å². The van der Waals surface area contributed by atoms with Crippen LogP contribution in [0.4, 0.5) is 5.82 Å². The van der Waals surface area contributed by atoms with Crippen molar-refractivity contribution in [3.8, 4) is 0 Å². The van der Waals surface area contributed by atoms with Gasteiger partial charge in [0.2, 0.25) is 0 Å².